The second-order valence-electron chi connectivity index (χ2n) is 9.08. The minimum atomic E-state index is -0.0468. The van der Waals surface area contributed by atoms with Crippen LogP contribution in [0.2, 0.25) is 0 Å². The molecule has 1 unspecified atom stereocenters. The van der Waals surface area contributed by atoms with E-state index in [0.717, 1.165) is 23.4 Å². The number of rotatable bonds is 10. The Morgan fingerprint density at radius 1 is 0.879 bits per heavy atom. The summed E-state index contributed by atoms with van der Waals surface area (Å²) < 4.78 is 0. The summed E-state index contributed by atoms with van der Waals surface area (Å²) in [4.78, 5) is 5.10. The molecule has 0 saturated carbocycles. The zero-order valence-corrected chi connectivity index (χ0v) is 20.3. The third-order valence-corrected chi connectivity index (χ3v) is 5.58. The molecule has 0 spiro atoms. The first-order valence-corrected chi connectivity index (χ1v) is 11.9. The van der Waals surface area contributed by atoms with E-state index in [1.807, 2.05) is 18.2 Å². The molecule has 0 saturated heterocycles. The lowest BCUT2D eigenvalue weighted by molar-refractivity contribution is 0.555. The van der Waals surface area contributed by atoms with Gasteiger partial charge in [-0.15, -0.1) is 0 Å². The highest BCUT2D eigenvalue weighted by atomic mass is 15.0. The Morgan fingerprint density at radius 3 is 2.15 bits per heavy atom. The zero-order valence-electron chi connectivity index (χ0n) is 20.3. The van der Waals surface area contributed by atoms with Crippen molar-refractivity contribution in [2.24, 2.45) is 11.8 Å². The third kappa shape index (κ3) is 6.79. The molecule has 3 aromatic rings. The van der Waals surface area contributed by atoms with Gasteiger partial charge in [-0.2, -0.15) is 0 Å². The average Bonchev–Trinajstić information content (AvgIpc) is 2.83. The Morgan fingerprint density at radius 2 is 1.55 bits per heavy atom. The Bertz CT molecular complexity index is 1080. The van der Waals surface area contributed by atoms with E-state index in [1.165, 1.54) is 16.8 Å². The SMILES string of the molecule is C=C/C=C\C(=C(/CC(C)C)NC(c1ccccc1)c1cccc(-c2ccccc2)n1)C(C)C. The molecule has 0 radical (unpaired) electrons. The maximum absolute atomic E-state index is 5.10. The molecule has 0 aliphatic carbocycles. The van der Waals surface area contributed by atoms with E-state index in [4.69, 9.17) is 4.98 Å². The van der Waals surface area contributed by atoms with Gasteiger partial charge in [0.15, 0.2) is 0 Å². The summed E-state index contributed by atoms with van der Waals surface area (Å²) in [5.41, 5.74) is 6.90. The van der Waals surface area contributed by atoms with Crippen molar-refractivity contribution in [3.05, 3.63) is 126 Å². The fourth-order valence-electron chi connectivity index (χ4n) is 4.01. The topological polar surface area (TPSA) is 24.9 Å². The Balaban J connectivity index is 2.11. The molecule has 2 heteroatoms. The Labute approximate surface area is 199 Å². The highest BCUT2D eigenvalue weighted by Gasteiger charge is 2.20. The molecule has 1 atom stereocenters. The van der Waals surface area contributed by atoms with Crippen molar-refractivity contribution in [3.63, 3.8) is 0 Å². The van der Waals surface area contributed by atoms with Crippen LogP contribution < -0.4 is 5.32 Å². The lowest BCUT2D eigenvalue weighted by atomic mass is 9.93. The van der Waals surface area contributed by atoms with Crippen LogP contribution in [0.1, 0.15) is 51.4 Å². The van der Waals surface area contributed by atoms with E-state index in [9.17, 15) is 0 Å². The van der Waals surface area contributed by atoms with Crippen LogP contribution in [0.4, 0.5) is 0 Å². The molecule has 0 bridgehead atoms. The summed E-state index contributed by atoms with van der Waals surface area (Å²) >= 11 is 0. The van der Waals surface area contributed by atoms with Crippen molar-refractivity contribution in [2.45, 2.75) is 40.2 Å². The van der Waals surface area contributed by atoms with E-state index in [2.05, 4.69) is 118 Å². The van der Waals surface area contributed by atoms with Crippen molar-refractivity contribution in [3.8, 4) is 11.3 Å². The highest BCUT2D eigenvalue weighted by Crippen LogP contribution is 2.29. The van der Waals surface area contributed by atoms with Crippen molar-refractivity contribution in [1.29, 1.82) is 0 Å². The van der Waals surface area contributed by atoms with Crippen LogP contribution in [-0.2, 0) is 0 Å². The largest absolute Gasteiger partial charge is 0.376 e. The fourth-order valence-corrected chi connectivity index (χ4v) is 4.01. The standard InChI is InChI=1S/C31H36N2/c1-6-7-19-27(24(4)5)30(22-23(2)3)33-31(26-17-12-9-13-18-26)29-21-14-20-28(32-29)25-15-10-8-11-16-25/h6-21,23-24,31,33H,1,22H2,2-5H3/b19-7-,30-27-. The van der Waals surface area contributed by atoms with Crippen molar-refractivity contribution in [1.82, 2.24) is 10.3 Å². The van der Waals surface area contributed by atoms with Crippen molar-refractivity contribution < 1.29 is 0 Å². The molecule has 0 amide bonds. The normalized spacial score (nSPS) is 13.3. The molecule has 1 aromatic heterocycles. The molecule has 2 aromatic carbocycles. The van der Waals surface area contributed by atoms with Gasteiger partial charge in [-0.3, -0.25) is 4.98 Å². The number of hydrogen-bond donors (Lipinski definition) is 1. The van der Waals surface area contributed by atoms with Crippen LogP contribution in [0.3, 0.4) is 0 Å². The summed E-state index contributed by atoms with van der Waals surface area (Å²) in [6.07, 6.45) is 7.03. The molecular weight excluding hydrogens is 400 g/mol. The van der Waals surface area contributed by atoms with Gasteiger partial charge < -0.3 is 5.32 Å². The summed E-state index contributed by atoms with van der Waals surface area (Å²) in [6, 6.07) is 27.2. The van der Waals surface area contributed by atoms with Gasteiger partial charge in [0.05, 0.1) is 17.4 Å². The number of allylic oxidation sites excluding steroid dienone is 5. The molecule has 1 N–H and O–H groups in total. The first-order valence-electron chi connectivity index (χ1n) is 11.9. The van der Waals surface area contributed by atoms with Crippen LogP contribution in [0.5, 0.6) is 0 Å². The number of aromatic nitrogens is 1. The lowest BCUT2D eigenvalue weighted by Crippen LogP contribution is -2.26. The van der Waals surface area contributed by atoms with Crippen LogP contribution in [0, 0.1) is 11.8 Å². The van der Waals surface area contributed by atoms with Crippen LogP contribution in [0.25, 0.3) is 11.3 Å². The molecule has 1 heterocycles. The second kappa shape index (κ2) is 12.0. The first kappa shape index (κ1) is 24.3. The van der Waals surface area contributed by atoms with Gasteiger partial charge in [0.1, 0.15) is 0 Å². The van der Waals surface area contributed by atoms with Crippen molar-refractivity contribution in [2.75, 3.05) is 0 Å². The third-order valence-electron chi connectivity index (χ3n) is 5.58. The van der Waals surface area contributed by atoms with Gasteiger partial charge in [0, 0.05) is 11.3 Å². The van der Waals surface area contributed by atoms with Crippen molar-refractivity contribution >= 4 is 0 Å². The number of hydrogen-bond acceptors (Lipinski definition) is 2. The Hall–Kier alpha value is -3.39. The molecule has 33 heavy (non-hydrogen) atoms. The van der Waals surface area contributed by atoms with Gasteiger partial charge in [-0.25, -0.2) is 0 Å². The summed E-state index contributed by atoms with van der Waals surface area (Å²) in [7, 11) is 0. The second-order valence-corrected chi connectivity index (χ2v) is 9.08. The van der Waals surface area contributed by atoms with Gasteiger partial charge in [-0.05, 0) is 41.5 Å². The maximum atomic E-state index is 5.10. The van der Waals surface area contributed by atoms with Gasteiger partial charge >= 0.3 is 0 Å². The average molecular weight is 437 g/mol. The van der Waals surface area contributed by atoms with E-state index >= 15 is 0 Å². The van der Waals surface area contributed by atoms with Crippen LogP contribution >= 0.6 is 0 Å². The van der Waals surface area contributed by atoms with E-state index in [-0.39, 0.29) is 6.04 Å². The summed E-state index contributed by atoms with van der Waals surface area (Å²) in [5.74, 6) is 0.918. The molecule has 0 aliphatic heterocycles. The highest BCUT2D eigenvalue weighted by molar-refractivity contribution is 5.59. The van der Waals surface area contributed by atoms with Gasteiger partial charge in [-0.1, -0.05) is 119 Å². The van der Waals surface area contributed by atoms with Crippen LogP contribution in [-0.4, -0.2) is 4.98 Å². The molecule has 3 rings (SSSR count). The molecule has 0 fully saturated rings. The van der Waals surface area contributed by atoms with Crippen LogP contribution in [0.15, 0.2) is 115 Å². The predicted octanol–water partition coefficient (Wildman–Crippen LogP) is 8.13. The van der Waals surface area contributed by atoms with Gasteiger partial charge in [0.25, 0.3) is 0 Å². The van der Waals surface area contributed by atoms with E-state index in [0.29, 0.717) is 11.8 Å². The molecular formula is C31H36N2. The Kier molecular flexibility index (Phi) is 8.83. The molecule has 2 nitrogen and oxygen atoms in total. The molecule has 0 aliphatic rings. The fraction of sp³-hybridized carbons (Fsp3) is 0.258. The summed E-state index contributed by atoms with van der Waals surface area (Å²) in [5, 5.41) is 3.92. The maximum Gasteiger partial charge on any atom is 0.0938 e. The minimum absolute atomic E-state index is 0.0468. The predicted molar refractivity (Wildman–Crippen MR) is 142 cm³/mol. The van der Waals surface area contributed by atoms with E-state index < -0.39 is 0 Å². The summed E-state index contributed by atoms with van der Waals surface area (Å²) in [6.45, 7) is 12.9. The number of benzene rings is 2. The number of nitrogens with one attached hydrogen (secondary N) is 1. The number of pyridine rings is 1. The monoisotopic (exact) mass is 436 g/mol. The van der Waals surface area contributed by atoms with Gasteiger partial charge in [0.2, 0.25) is 0 Å². The first-order chi connectivity index (χ1) is 16.0. The molecule has 170 valence electrons. The quantitative estimate of drug-likeness (QED) is 0.325. The minimum Gasteiger partial charge on any atom is -0.376 e. The zero-order chi connectivity index (χ0) is 23.6. The van der Waals surface area contributed by atoms with E-state index in [1.54, 1.807) is 0 Å². The lowest BCUT2D eigenvalue weighted by Gasteiger charge is -2.26. The smallest absolute Gasteiger partial charge is 0.0938 e. The number of nitrogens with zero attached hydrogens (tertiary/aromatic N) is 1.